The highest BCUT2D eigenvalue weighted by molar-refractivity contribution is 6.08. The number of halogens is 3. The number of piperidine rings is 2. The zero-order valence-corrected chi connectivity index (χ0v) is 35.9. The summed E-state index contributed by atoms with van der Waals surface area (Å²) in [5, 5.41) is 13.5. The lowest BCUT2D eigenvalue weighted by Gasteiger charge is -2.45. The summed E-state index contributed by atoms with van der Waals surface area (Å²) in [6, 6.07) is 6.77. The summed E-state index contributed by atoms with van der Waals surface area (Å²) >= 11 is 0. The van der Waals surface area contributed by atoms with Crippen LogP contribution in [0.15, 0.2) is 47.7 Å². The Balaban J connectivity index is 0.663. The number of para-hydroxylation sites is 1. The fourth-order valence-electron chi connectivity index (χ4n) is 11.0. The third-order valence-corrected chi connectivity index (χ3v) is 14.4. The van der Waals surface area contributed by atoms with Crippen molar-refractivity contribution in [2.75, 3.05) is 61.0 Å². The number of benzene rings is 1. The lowest BCUT2D eigenvalue weighted by atomic mass is 9.85. The van der Waals surface area contributed by atoms with Gasteiger partial charge in [0.15, 0.2) is 11.3 Å². The fourth-order valence-corrected chi connectivity index (χ4v) is 11.0. The van der Waals surface area contributed by atoms with Crippen molar-refractivity contribution in [3.63, 3.8) is 0 Å². The van der Waals surface area contributed by atoms with Gasteiger partial charge in [-0.15, -0.1) is 0 Å². The number of fused-ring (bicyclic) bond motifs is 4. The zero-order chi connectivity index (χ0) is 44.7. The molecular weight excluding hydrogens is 850 g/mol. The van der Waals surface area contributed by atoms with Crippen LogP contribution in [0, 0.1) is 5.92 Å². The van der Waals surface area contributed by atoms with Crippen molar-refractivity contribution in [1.29, 1.82) is 0 Å². The van der Waals surface area contributed by atoms with Crippen LogP contribution in [0.1, 0.15) is 85.9 Å². The number of imide groups is 1. The van der Waals surface area contributed by atoms with Gasteiger partial charge in [0.25, 0.3) is 12.3 Å². The minimum Gasteiger partial charge on any atom is -0.374 e. The summed E-state index contributed by atoms with van der Waals surface area (Å²) in [6.45, 7) is 4.13. The third-order valence-electron chi connectivity index (χ3n) is 14.4. The van der Waals surface area contributed by atoms with Crippen LogP contribution in [0.4, 0.5) is 30.4 Å². The second-order valence-electron chi connectivity index (χ2n) is 18.5. The van der Waals surface area contributed by atoms with Crippen LogP contribution in [-0.4, -0.2) is 133 Å². The smallest absolute Gasteiger partial charge is 0.329 e. The maximum atomic E-state index is 15.7. The number of morpholine rings is 1. The van der Waals surface area contributed by atoms with E-state index in [-0.39, 0.29) is 66.5 Å². The number of hydrogen-bond donors (Lipinski definition) is 2. The van der Waals surface area contributed by atoms with Gasteiger partial charge in [0.2, 0.25) is 11.8 Å². The summed E-state index contributed by atoms with van der Waals surface area (Å²) in [5.74, 6) is -0.390. The van der Waals surface area contributed by atoms with E-state index in [2.05, 4.69) is 35.5 Å². The van der Waals surface area contributed by atoms with Crippen LogP contribution >= 0.6 is 0 Å². The number of aromatic nitrogens is 7. The van der Waals surface area contributed by atoms with Crippen LogP contribution < -0.4 is 26.1 Å². The summed E-state index contributed by atoms with van der Waals surface area (Å²) in [7, 11) is 1.67. The molecule has 11 rings (SSSR count). The molecule has 65 heavy (non-hydrogen) atoms. The van der Waals surface area contributed by atoms with E-state index in [9.17, 15) is 28.0 Å². The fraction of sp³-hybridized carbons (Fsp3) is 0.568. The van der Waals surface area contributed by atoms with Gasteiger partial charge in [0.05, 0.1) is 65.6 Å². The molecule has 9 heterocycles. The summed E-state index contributed by atoms with van der Waals surface area (Å²) in [6.07, 6.45) is 5.05. The van der Waals surface area contributed by atoms with E-state index in [1.54, 1.807) is 24.0 Å². The highest BCUT2D eigenvalue weighted by Gasteiger charge is 2.41. The number of nitrogens with one attached hydrogen (secondary N) is 2. The minimum atomic E-state index is -2.90. The molecule has 0 spiro atoms. The molecular formula is C44H51F3N12O6. The first kappa shape index (κ1) is 41.9. The van der Waals surface area contributed by atoms with Crippen molar-refractivity contribution in [3.8, 4) is 0 Å². The second kappa shape index (κ2) is 16.6. The van der Waals surface area contributed by atoms with Gasteiger partial charge in [-0.2, -0.15) is 10.2 Å². The minimum absolute atomic E-state index is 0.0450. The average Bonchev–Trinajstić information content (AvgIpc) is 4.13. The van der Waals surface area contributed by atoms with Crippen molar-refractivity contribution in [2.24, 2.45) is 13.0 Å². The number of hydrogen-bond acceptors (Lipinski definition) is 12. The Bertz CT molecular complexity index is 2720. The number of ether oxygens (including phenoxy) is 2. The number of alkyl halides is 3. The maximum Gasteiger partial charge on any atom is 0.329 e. The Morgan fingerprint density at radius 3 is 2.60 bits per heavy atom. The SMILES string of the molecule is Cn1c(=O)n(C2CCC(=O)NC2=O)c2cccc(N3CC(O[C@@H]4CCN(CC5CCC(n6cc(NC(=O)c7cnn8ccc(N9C[C@H]%10C[C@@H]9CO%10)nc78)c(C(F)F)n6)CC5)C[C@@H]4F)C3)c21. The Labute approximate surface area is 370 Å². The molecule has 2 bridgehead atoms. The third kappa shape index (κ3) is 7.63. The predicted octanol–water partition coefficient (Wildman–Crippen LogP) is 3.77. The van der Waals surface area contributed by atoms with Gasteiger partial charge >= 0.3 is 5.69 Å². The van der Waals surface area contributed by atoms with Gasteiger partial charge in [-0.05, 0) is 69.1 Å². The lowest BCUT2D eigenvalue weighted by molar-refractivity contribution is -0.135. The maximum absolute atomic E-state index is 15.7. The standard InChI is InChI=1S/C44H51F3N12O6/c1-53-39-32(3-2-4-33(39)59(44(53)63)34-9-10-37(60)51-43(34)62)55-18-28(19-55)65-35-11-13-54(21-30(35)45)17-24-5-7-25(8-6-24)58-22-31(38(52-58)40(46)47)49-42(61)29-16-48-57-14-12-36(50-41(29)57)56-20-27-15-26(56)23-64-27/h2-4,12,14,16,22,24-28,30,34-35,40H,5-11,13,15,17-21,23H2,1H3,(H,49,61)(H,51,60,62)/t24?,25?,26-,27-,30+,34?,35-/m1/s1. The number of rotatable bonds is 11. The second-order valence-corrected chi connectivity index (χ2v) is 18.5. The van der Waals surface area contributed by atoms with Crippen molar-refractivity contribution in [2.45, 2.75) is 100 Å². The molecule has 4 aromatic heterocycles. The van der Waals surface area contributed by atoms with Gasteiger partial charge in [0.1, 0.15) is 23.6 Å². The van der Waals surface area contributed by atoms with Crippen molar-refractivity contribution in [1.82, 2.24) is 43.7 Å². The molecule has 18 nitrogen and oxygen atoms in total. The van der Waals surface area contributed by atoms with E-state index < -0.39 is 42.3 Å². The van der Waals surface area contributed by atoms with Crippen LogP contribution in [0.3, 0.4) is 0 Å². The Kier molecular flexibility index (Phi) is 10.7. The molecule has 2 N–H and O–H groups in total. The molecule has 5 aromatic rings. The summed E-state index contributed by atoms with van der Waals surface area (Å²) in [5.41, 5.74) is 1.77. The number of likely N-dealkylation sites (tertiary alicyclic amines) is 1. The number of carbonyl (C=O) groups is 3. The van der Waals surface area contributed by atoms with Crippen LogP contribution in [0.5, 0.6) is 0 Å². The van der Waals surface area contributed by atoms with E-state index in [1.807, 2.05) is 18.2 Å². The Hall–Kier alpha value is -5.80. The highest BCUT2D eigenvalue weighted by Crippen LogP contribution is 2.38. The molecule has 1 aromatic carbocycles. The molecule has 3 amide bonds. The van der Waals surface area contributed by atoms with Crippen molar-refractivity contribution in [3.05, 3.63) is 64.6 Å². The van der Waals surface area contributed by atoms with E-state index in [0.717, 1.165) is 38.0 Å². The number of carbonyl (C=O) groups excluding carboxylic acids is 3. The first-order valence-electron chi connectivity index (χ1n) is 22.7. The first-order chi connectivity index (χ1) is 31.4. The highest BCUT2D eigenvalue weighted by atomic mass is 19.3. The number of aryl methyl sites for hydroxylation is 1. The normalized spacial score (nSPS) is 27.6. The van der Waals surface area contributed by atoms with Crippen molar-refractivity contribution < 1.29 is 37.0 Å². The molecule has 344 valence electrons. The molecule has 1 unspecified atom stereocenters. The van der Waals surface area contributed by atoms with E-state index in [4.69, 9.17) is 14.5 Å². The molecule has 6 aliphatic rings. The Morgan fingerprint density at radius 1 is 1.03 bits per heavy atom. The number of amides is 3. The largest absolute Gasteiger partial charge is 0.374 e. The van der Waals surface area contributed by atoms with Gasteiger partial charge < -0.3 is 24.6 Å². The lowest BCUT2D eigenvalue weighted by Crippen LogP contribution is -2.56. The quantitative estimate of drug-likeness (QED) is 0.184. The Morgan fingerprint density at radius 2 is 1.86 bits per heavy atom. The van der Waals surface area contributed by atoms with Crippen LogP contribution in [0.25, 0.3) is 16.7 Å². The van der Waals surface area contributed by atoms with E-state index >= 15 is 4.39 Å². The summed E-state index contributed by atoms with van der Waals surface area (Å²) in [4.78, 5) is 62.5. The number of anilines is 3. The molecule has 21 heteroatoms. The van der Waals surface area contributed by atoms with Gasteiger partial charge in [-0.1, -0.05) is 6.07 Å². The van der Waals surface area contributed by atoms with Gasteiger partial charge in [-0.25, -0.2) is 27.5 Å². The molecule has 1 aliphatic carbocycles. The van der Waals surface area contributed by atoms with Gasteiger partial charge in [-0.3, -0.25) is 38.4 Å². The van der Waals surface area contributed by atoms with Crippen LogP contribution in [-0.2, 0) is 26.1 Å². The molecule has 6 fully saturated rings. The number of imidazole rings is 1. The van der Waals surface area contributed by atoms with E-state index in [0.29, 0.717) is 73.9 Å². The molecule has 5 aliphatic heterocycles. The molecule has 1 saturated carbocycles. The van der Waals surface area contributed by atoms with Gasteiger partial charge in [0, 0.05) is 65.1 Å². The summed E-state index contributed by atoms with van der Waals surface area (Å²) < 4.78 is 62.4. The van der Waals surface area contributed by atoms with Crippen molar-refractivity contribution >= 4 is 51.6 Å². The first-order valence-corrected chi connectivity index (χ1v) is 22.7. The molecule has 0 radical (unpaired) electrons. The van der Waals surface area contributed by atoms with Crippen LogP contribution in [0.2, 0.25) is 0 Å². The molecule has 5 atom stereocenters. The zero-order valence-electron chi connectivity index (χ0n) is 35.9. The predicted molar refractivity (Wildman–Crippen MR) is 230 cm³/mol. The average molecular weight is 901 g/mol. The van der Waals surface area contributed by atoms with E-state index in [1.165, 1.54) is 26.0 Å². The monoisotopic (exact) mass is 900 g/mol. The topological polar surface area (TPSA) is 178 Å². The molecule has 5 saturated heterocycles. The number of nitrogens with zero attached hydrogens (tertiary/aromatic N) is 10.